The molecule has 0 radical (unpaired) electrons. The molecule has 2 N–H and O–H groups in total. The molecule has 20 heavy (non-hydrogen) atoms. The van der Waals surface area contributed by atoms with Crippen molar-refractivity contribution in [2.45, 2.75) is 32.2 Å². The van der Waals surface area contributed by atoms with Crippen LogP contribution in [0.25, 0.3) is 0 Å². The highest BCUT2D eigenvalue weighted by Gasteiger charge is 2.29. The maximum atomic E-state index is 12.1. The molecule has 0 aliphatic carbocycles. The van der Waals surface area contributed by atoms with E-state index in [4.69, 9.17) is 0 Å². The number of carbonyl (C=O) groups is 2. The molecule has 1 aliphatic heterocycles. The van der Waals surface area contributed by atoms with Gasteiger partial charge in [0.15, 0.2) is 0 Å². The third-order valence-electron chi connectivity index (χ3n) is 3.45. The minimum Gasteiger partial charge on any atom is -0.453 e. The molecular formula is C13H20N4O3. The van der Waals surface area contributed by atoms with Crippen LogP contribution in [0.2, 0.25) is 0 Å². The van der Waals surface area contributed by atoms with E-state index in [0.717, 1.165) is 37.3 Å². The summed E-state index contributed by atoms with van der Waals surface area (Å²) >= 11 is 0. The quantitative estimate of drug-likeness (QED) is 0.846. The lowest BCUT2D eigenvalue weighted by Gasteiger charge is -2.24. The van der Waals surface area contributed by atoms with Gasteiger partial charge in [0.2, 0.25) is 5.91 Å². The van der Waals surface area contributed by atoms with E-state index in [1.54, 1.807) is 6.20 Å². The number of H-pyrrole nitrogens is 1. The first-order valence-electron chi connectivity index (χ1n) is 6.72. The van der Waals surface area contributed by atoms with Crippen LogP contribution in [0.3, 0.4) is 0 Å². The second kappa shape index (κ2) is 6.40. The second-order valence-electron chi connectivity index (χ2n) is 4.95. The Morgan fingerprint density at radius 3 is 3.05 bits per heavy atom. The average Bonchev–Trinajstić information content (AvgIpc) is 3.05. The van der Waals surface area contributed by atoms with Gasteiger partial charge in [0.05, 0.1) is 7.11 Å². The molecule has 1 atom stereocenters. The van der Waals surface area contributed by atoms with Gasteiger partial charge in [-0.05, 0) is 19.8 Å². The van der Waals surface area contributed by atoms with Crippen LogP contribution >= 0.6 is 0 Å². The van der Waals surface area contributed by atoms with Gasteiger partial charge in [-0.15, -0.1) is 0 Å². The molecule has 1 aliphatic rings. The monoisotopic (exact) mass is 280 g/mol. The summed E-state index contributed by atoms with van der Waals surface area (Å²) in [4.78, 5) is 32.4. The summed E-state index contributed by atoms with van der Waals surface area (Å²) in [6.45, 7) is 2.65. The highest BCUT2D eigenvalue weighted by Crippen LogP contribution is 2.20. The number of hydrogen-bond donors (Lipinski definition) is 2. The molecule has 1 saturated heterocycles. The minimum atomic E-state index is -0.587. The lowest BCUT2D eigenvalue weighted by Crippen LogP contribution is -2.43. The van der Waals surface area contributed by atoms with Crippen molar-refractivity contribution in [3.8, 4) is 0 Å². The summed E-state index contributed by atoms with van der Waals surface area (Å²) in [6.07, 6.45) is 3.86. The fourth-order valence-corrected chi connectivity index (χ4v) is 2.49. The second-order valence-corrected chi connectivity index (χ2v) is 4.95. The van der Waals surface area contributed by atoms with Gasteiger partial charge in [-0.2, -0.15) is 0 Å². The number of aromatic nitrogens is 2. The van der Waals surface area contributed by atoms with E-state index in [1.807, 2.05) is 11.8 Å². The summed E-state index contributed by atoms with van der Waals surface area (Å²) in [6, 6.07) is 0.146. The smallest absolute Gasteiger partial charge is 0.407 e. The van der Waals surface area contributed by atoms with E-state index < -0.39 is 6.09 Å². The zero-order valence-corrected chi connectivity index (χ0v) is 11.8. The maximum Gasteiger partial charge on any atom is 0.407 e. The van der Waals surface area contributed by atoms with Crippen molar-refractivity contribution in [2.24, 2.45) is 0 Å². The van der Waals surface area contributed by atoms with Gasteiger partial charge in [-0.1, -0.05) is 0 Å². The molecule has 0 aromatic carbocycles. The number of amides is 2. The summed E-state index contributed by atoms with van der Waals surface area (Å²) in [7, 11) is 1.28. The van der Waals surface area contributed by atoms with E-state index in [0.29, 0.717) is 0 Å². The topological polar surface area (TPSA) is 87.3 Å². The standard InChI is InChI=1S/C13H20N4O3/c1-9-7-14-11(16-9)6-10-4-3-5-17(10)12(18)8-15-13(19)20-2/h7,10H,3-6,8H2,1-2H3,(H,14,16)(H,15,19). The molecule has 7 nitrogen and oxygen atoms in total. The number of imidazole rings is 1. The average molecular weight is 280 g/mol. The molecule has 0 saturated carbocycles. The van der Waals surface area contributed by atoms with E-state index >= 15 is 0 Å². The zero-order valence-electron chi connectivity index (χ0n) is 11.8. The first kappa shape index (κ1) is 14.4. The fraction of sp³-hybridized carbons (Fsp3) is 0.615. The molecule has 1 fully saturated rings. The number of aryl methyl sites for hydroxylation is 1. The lowest BCUT2D eigenvalue weighted by atomic mass is 10.1. The summed E-state index contributed by atoms with van der Waals surface area (Å²) in [5, 5.41) is 2.42. The lowest BCUT2D eigenvalue weighted by molar-refractivity contribution is -0.130. The van der Waals surface area contributed by atoms with E-state index in [2.05, 4.69) is 20.0 Å². The Labute approximate surface area is 117 Å². The van der Waals surface area contributed by atoms with Crippen LogP contribution < -0.4 is 5.32 Å². The Balaban J connectivity index is 1.89. The number of hydrogen-bond acceptors (Lipinski definition) is 4. The highest BCUT2D eigenvalue weighted by atomic mass is 16.5. The molecular weight excluding hydrogens is 260 g/mol. The number of rotatable bonds is 4. The van der Waals surface area contributed by atoms with E-state index in [-0.39, 0.29) is 18.5 Å². The van der Waals surface area contributed by atoms with Crippen LogP contribution in [-0.4, -0.2) is 53.1 Å². The number of aromatic amines is 1. The summed E-state index contributed by atoms with van der Waals surface area (Å²) < 4.78 is 4.45. The van der Waals surface area contributed by atoms with Crippen LogP contribution in [0, 0.1) is 6.92 Å². The van der Waals surface area contributed by atoms with E-state index in [1.165, 1.54) is 7.11 Å². The predicted octanol–water partition coefficient (Wildman–Crippen LogP) is 0.608. The van der Waals surface area contributed by atoms with Crippen molar-refractivity contribution in [2.75, 3.05) is 20.2 Å². The van der Waals surface area contributed by atoms with Gasteiger partial charge in [0.25, 0.3) is 0 Å². The Kier molecular flexibility index (Phi) is 4.60. The largest absolute Gasteiger partial charge is 0.453 e. The van der Waals surface area contributed by atoms with Crippen molar-refractivity contribution >= 4 is 12.0 Å². The van der Waals surface area contributed by atoms with Crippen LogP contribution in [0.15, 0.2) is 6.20 Å². The van der Waals surface area contributed by atoms with E-state index in [9.17, 15) is 9.59 Å². The number of alkyl carbamates (subject to hydrolysis) is 1. The van der Waals surface area contributed by atoms with Gasteiger partial charge < -0.3 is 19.9 Å². The van der Waals surface area contributed by atoms with Crippen LogP contribution in [0.5, 0.6) is 0 Å². The molecule has 7 heteroatoms. The Hall–Kier alpha value is -2.05. The Bertz CT molecular complexity index is 486. The Morgan fingerprint density at radius 1 is 1.60 bits per heavy atom. The molecule has 0 bridgehead atoms. The molecule has 2 amide bonds. The van der Waals surface area contributed by atoms with Crippen molar-refractivity contribution in [1.29, 1.82) is 0 Å². The van der Waals surface area contributed by atoms with Crippen LogP contribution in [0.1, 0.15) is 24.4 Å². The van der Waals surface area contributed by atoms with Gasteiger partial charge >= 0.3 is 6.09 Å². The number of nitrogens with one attached hydrogen (secondary N) is 2. The van der Waals surface area contributed by atoms with Crippen molar-refractivity contribution in [1.82, 2.24) is 20.2 Å². The number of methoxy groups -OCH3 is 1. The Morgan fingerprint density at radius 2 is 2.40 bits per heavy atom. The van der Waals surface area contributed by atoms with Gasteiger partial charge in [0.1, 0.15) is 12.4 Å². The molecule has 1 aromatic heterocycles. The van der Waals surface area contributed by atoms with Crippen LogP contribution in [0.4, 0.5) is 4.79 Å². The maximum absolute atomic E-state index is 12.1. The third kappa shape index (κ3) is 3.49. The highest BCUT2D eigenvalue weighted by molar-refractivity contribution is 5.82. The number of likely N-dealkylation sites (tertiary alicyclic amines) is 1. The summed E-state index contributed by atoms with van der Waals surface area (Å²) in [5.41, 5.74) is 1.02. The van der Waals surface area contributed by atoms with Gasteiger partial charge in [-0.25, -0.2) is 9.78 Å². The minimum absolute atomic E-state index is 0.0274. The molecule has 1 unspecified atom stereocenters. The van der Waals surface area contributed by atoms with Crippen molar-refractivity contribution in [3.63, 3.8) is 0 Å². The number of ether oxygens (including phenoxy) is 1. The molecule has 2 heterocycles. The van der Waals surface area contributed by atoms with Gasteiger partial charge in [-0.3, -0.25) is 4.79 Å². The number of carbonyl (C=O) groups excluding carboxylic acids is 2. The normalized spacial score (nSPS) is 18.1. The molecule has 0 spiro atoms. The zero-order chi connectivity index (χ0) is 14.5. The van der Waals surface area contributed by atoms with Gasteiger partial charge in [0, 0.05) is 30.9 Å². The SMILES string of the molecule is COC(=O)NCC(=O)N1CCCC1Cc1ncc(C)[nH]1. The van der Waals surface area contributed by atoms with Crippen molar-refractivity contribution in [3.05, 3.63) is 17.7 Å². The first-order valence-corrected chi connectivity index (χ1v) is 6.72. The predicted molar refractivity (Wildman–Crippen MR) is 72.2 cm³/mol. The van der Waals surface area contributed by atoms with Crippen LogP contribution in [-0.2, 0) is 16.0 Å². The molecule has 1 aromatic rings. The molecule has 2 rings (SSSR count). The number of nitrogens with zero attached hydrogens (tertiary/aromatic N) is 2. The summed E-state index contributed by atoms with van der Waals surface area (Å²) in [5.74, 6) is 0.814. The first-order chi connectivity index (χ1) is 9.60. The molecule has 110 valence electrons. The fourth-order valence-electron chi connectivity index (χ4n) is 2.49. The van der Waals surface area contributed by atoms with Crippen molar-refractivity contribution < 1.29 is 14.3 Å². The third-order valence-corrected chi connectivity index (χ3v) is 3.45.